The summed E-state index contributed by atoms with van der Waals surface area (Å²) in [5, 5.41) is 9.63. The molecule has 0 radical (unpaired) electrons. The van der Waals surface area contributed by atoms with Crippen molar-refractivity contribution < 1.29 is 14.6 Å². The second kappa shape index (κ2) is 6.10. The summed E-state index contributed by atoms with van der Waals surface area (Å²) in [6.45, 7) is 11.7. The first-order chi connectivity index (χ1) is 12.3. The van der Waals surface area contributed by atoms with E-state index < -0.39 is 5.79 Å². The van der Waals surface area contributed by atoms with E-state index in [0.29, 0.717) is 11.8 Å². The molecule has 4 rings (SSSR count). The van der Waals surface area contributed by atoms with Crippen molar-refractivity contribution in [2.75, 3.05) is 6.61 Å². The number of benzene rings is 1. The highest BCUT2D eigenvalue weighted by Crippen LogP contribution is 2.62. The van der Waals surface area contributed by atoms with Crippen LogP contribution in [-0.2, 0) is 4.74 Å². The van der Waals surface area contributed by atoms with Gasteiger partial charge in [0.15, 0.2) is 0 Å². The second-order valence-corrected chi connectivity index (χ2v) is 9.40. The number of para-hydroxylation sites is 1. The van der Waals surface area contributed by atoms with Gasteiger partial charge in [-0.25, -0.2) is 0 Å². The molecule has 3 heteroatoms. The van der Waals surface area contributed by atoms with Crippen molar-refractivity contribution in [3.05, 3.63) is 35.4 Å². The van der Waals surface area contributed by atoms with E-state index in [4.69, 9.17) is 9.47 Å². The monoisotopic (exact) mass is 356 g/mol. The minimum Gasteiger partial charge on any atom is -0.457 e. The zero-order valence-corrected chi connectivity index (χ0v) is 16.7. The lowest BCUT2D eigenvalue weighted by atomic mass is 9.68. The van der Waals surface area contributed by atoms with Crippen LogP contribution in [0.5, 0.6) is 5.75 Å². The summed E-state index contributed by atoms with van der Waals surface area (Å²) in [7, 11) is 0. The van der Waals surface area contributed by atoms with Gasteiger partial charge in [-0.1, -0.05) is 52.8 Å². The number of fused-ring (bicyclic) bond motifs is 2. The van der Waals surface area contributed by atoms with Crippen molar-refractivity contribution in [3.63, 3.8) is 0 Å². The van der Waals surface area contributed by atoms with Crippen molar-refractivity contribution in [3.8, 4) is 5.75 Å². The summed E-state index contributed by atoms with van der Waals surface area (Å²) in [4.78, 5) is 0. The third-order valence-corrected chi connectivity index (χ3v) is 7.42. The average Bonchev–Trinajstić information content (AvgIpc) is 2.99. The van der Waals surface area contributed by atoms with Crippen molar-refractivity contribution in [1.29, 1.82) is 0 Å². The number of aliphatic hydroxyl groups is 1. The molecule has 0 bridgehead atoms. The van der Waals surface area contributed by atoms with Crippen LogP contribution in [0.25, 0.3) is 6.08 Å². The van der Waals surface area contributed by atoms with Gasteiger partial charge in [-0.2, -0.15) is 0 Å². The van der Waals surface area contributed by atoms with Crippen LogP contribution >= 0.6 is 0 Å². The van der Waals surface area contributed by atoms with Crippen LogP contribution in [0.1, 0.15) is 53.0 Å². The van der Waals surface area contributed by atoms with Gasteiger partial charge in [-0.05, 0) is 48.2 Å². The molecule has 1 saturated carbocycles. The molecule has 1 aliphatic carbocycles. The number of rotatable bonds is 3. The maximum atomic E-state index is 9.63. The number of aliphatic hydroxyl groups excluding tert-OH is 1. The fourth-order valence-electron chi connectivity index (χ4n) is 5.60. The van der Waals surface area contributed by atoms with Crippen molar-refractivity contribution in [1.82, 2.24) is 0 Å². The third-order valence-electron chi connectivity index (χ3n) is 7.42. The van der Waals surface area contributed by atoms with Crippen LogP contribution < -0.4 is 4.74 Å². The van der Waals surface area contributed by atoms with E-state index in [1.165, 1.54) is 5.57 Å². The lowest BCUT2D eigenvalue weighted by Gasteiger charge is -2.43. The van der Waals surface area contributed by atoms with E-state index in [2.05, 4.69) is 46.8 Å². The summed E-state index contributed by atoms with van der Waals surface area (Å²) in [6.07, 6.45) is 4.38. The SMILES string of the molecule is CC1C[C@@H]2O[C@@]3(Oc4ccccc4C=C3C[C@@H](C)CO)[C@@H](C)[C@@H]2C1(C)C. The topological polar surface area (TPSA) is 38.7 Å². The van der Waals surface area contributed by atoms with Gasteiger partial charge in [-0.3, -0.25) is 0 Å². The molecule has 1 aromatic carbocycles. The van der Waals surface area contributed by atoms with Crippen molar-refractivity contribution >= 4 is 6.08 Å². The molecular formula is C23H32O3. The second-order valence-electron chi connectivity index (χ2n) is 9.40. The summed E-state index contributed by atoms with van der Waals surface area (Å²) >= 11 is 0. The molecule has 2 fully saturated rings. The Balaban J connectivity index is 1.77. The Kier molecular flexibility index (Phi) is 4.24. The van der Waals surface area contributed by atoms with Crippen LogP contribution in [0.15, 0.2) is 29.8 Å². The molecule has 1 spiro atoms. The Morgan fingerprint density at radius 2 is 1.96 bits per heavy atom. The van der Waals surface area contributed by atoms with Crippen molar-refractivity contribution in [2.24, 2.45) is 29.1 Å². The van der Waals surface area contributed by atoms with E-state index >= 15 is 0 Å². The van der Waals surface area contributed by atoms with E-state index in [0.717, 1.165) is 24.2 Å². The van der Waals surface area contributed by atoms with Crippen LogP contribution in [0.4, 0.5) is 0 Å². The van der Waals surface area contributed by atoms with Crippen molar-refractivity contribution in [2.45, 2.75) is 59.4 Å². The van der Waals surface area contributed by atoms with Gasteiger partial charge < -0.3 is 14.6 Å². The molecule has 1 N–H and O–H groups in total. The maximum absolute atomic E-state index is 9.63. The summed E-state index contributed by atoms with van der Waals surface area (Å²) in [5.74, 6) is 1.82. The zero-order chi connectivity index (χ0) is 18.7. The Bertz CT molecular complexity index is 722. The number of ether oxygens (including phenoxy) is 2. The predicted octanol–water partition coefficient (Wildman–Crippen LogP) is 4.89. The van der Waals surface area contributed by atoms with Crippen LogP contribution in [0.3, 0.4) is 0 Å². The molecule has 1 aromatic rings. The van der Waals surface area contributed by atoms with Gasteiger partial charge in [0.05, 0.1) is 6.10 Å². The van der Waals surface area contributed by atoms with E-state index in [1.54, 1.807) is 0 Å². The first-order valence-electron chi connectivity index (χ1n) is 10.1. The van der Waals surface area contributed by atoms with Crippen LogP contribution in [0.2, 0.25) is 0 Å². The third kappa shape index (κ3) is 2.47. The lowest BCUT2D eigenvalue weighted by Crippen LogP contribution is -2.47. The molecule has 6 atom stereocenters. The number of hydrogen-bond donors (Lipinski definition) is 1. The predicted molar refractivity (Wildman–Crippen MR) is 104 cm³/mol. The Hall–Kier alpha value is -1.32. The van der Waals surface area contributed by atoms with Gasteiger partial charge in [0.2, 0.25) is 5.79 Å². The molecule has 1 unspecified atom stereocenters. The van der Waals surface area contributed by atoms with Crippen LogP contribution in [-0.4, -0.2) is 23.6 Å². The van der Waals surface area contributed by atoms with Crippen LogP contribution in [0, 0.1) is 29.1 Å². The molecule has 1 saturated heterocycles. The fourth-order valence-corrected chi connectivity index (χ4v) is 5.60. The highest BCUT2D eigenvalue weighted by Gasteiger charge is 2.65. The molecule has 2 heterocycles. The smallest absolute Gasteiger partial charge is 0.236 e. The molecule has 3 aliphatic rings. The minimum absolute atomic E-state index is 0.179. The van der Waals surface area contributed by atoms with E-state index in [9.17, 15) is 5.11 Å². The zero-order valence-electron chi connectivity index (χ0n) is 16.7. The maximum Gasteiger partial charge on any atom is 0.236 e. The summed E-state index contributed by atoms with van der Waals surface area (Å²) in [6, 6.07) is 8.20. The molecule has 0 amide bonds. The first-order valence-corrected chi connectivity index (χ1v) is 10.1. The summed E-state index contributed by atoms with van der Waals surface area (Å²) < 4.78 is 13.4. The first kappa shape index (κ1) is 18.1. The molecule has 3 nitrogen and oxygen atoms in total. The van der Waals surface area contributed by atoms with Gasteiger partial charge >= 0.3 is 0 Å². The van der Waals surface area contributed by atoms with E-state index in [-0.39, 0.29) is 30.0 Å². The van der Waals surface area contributed by atoms with Gasteiger partial charge in [-0.15, -0.1) is 0 Å². The fraction of sp³-hybridized carbons (Fsp3) is 0.652. The lowest BCUT2D eigenvalue weighted by molar-refractivity contribution is -0.168. The minimum atomic E-state index is -0.690. The Morgan fingerprint density at radius 1 is 1.23 bits per heavy atom. The molecule has 142 valence electrons. The largest absolute Gasteiger partial charge is 0.457 e. The normalized spacial score (nSPS) is 38.5. The van der Waals surface area contributed by atoms with Gasteiger partial charge in [0, 0.05) is 23.7 Å². The highest BCUT2D eigenvalue weighted by atomic mass is 16.7. The average molecular weight is 357 g/mol. The standard InChI is InChI=1S/C23H32O3/c1-14(13-24)10-18-12-17-8-6-7-9-19(17)25-23(18)16(3)21-20(26-23)11-15(2)22(21,4)5/h6-9,12,14-16,20-21,24H,10-11,13H2,1-5H3/t14-,15?,16+,20+,21+,23+/m1/s1. The molecule has 0 aromatic heterocycles. The van der Waals surface area contributed by atoms with Gasteiger partial charge in [0.1, 0.15) is 5.75 Å². The quantitative estimate of drug-likeness (QED) is 0.838. The number of hydrogen-bond acceptors (Lipinski definition) is 3. The van der Waals surface area contributed by atoms with Gasteiger partial charge in [0.25, 0.3) is 0 Å². The highest BCUT2D eigenvalue weighted by molar-refractivity contribution is 5.64. The van der Waals surface area contributed by atoms with E-state index in [1.807, 2.05) is 18.2 Å². The Morgan fingerprint density at radius 3 is 2.65 bits per heavy atom. The molecular weight excluding hydrogens is 324 g/mol. The molecule has 26 heavy (non-hydrogen) atoms. The Labute approximate surface area is 157 Å². The summed E-state index contributed by atoms with van der Waals surface area (Å²) in [5.41, 5.74) is 2.53. The molecule has 2 aliphatic heterocycles.